The van der Waals surface area contributed by atoms with E-state index in [0.717, 1.165) is 35.0 Å². The average Bonchev–Trinajstić information content (AvgIpc) is 2.67. The van der Waals surface area contributed by atoms with Gasteiger partial charge in [0.05, 0.1) is 4.92 Å². The number of fused-ring (bicyclic) bond motifs is 1. The van der Waals surface area contributed by atoms with Crippen LogP contribution in [0.1, 0.15) is 5.56 Å². The molecule has 3 aromatic carbocycles. The minimum absolute atomic E-state index is 0.0115. The second-order valence-corrected chi connectivity index (χ2v) is 5.71. The SMILES string of the molecule is O=C(/C=C/c1cc([N+](=O)[O-])ccc1OC(F)F)Nc1cccc2ccccc12. The molecule has 0 unspecified atom stereocenters. The van der Waals surface area contributed by atoms with Gasteiger partial charge in [0.1, 0.15) is 5.75 Å². The Balaban J connectivity index is 1.85. The molecule has 0 radical (unpaired) electrons. The van der Waals surface area contributed by atoms with Gasteiger partial charge in [0, 0.05) is 34.8 Å². The molecule has 0 heterocycles. The summed E-state index contributed by atoms with van der Waals surface area (Å²) in [4.78, 5) is 22.5. The summed E-state index contributed by atoms with van der Waals surface area (Å²) in [6.07, 6.45) is 2.28. The number of amides is 1. The molecule has 142 valence electrons. The molecule has 0 aliphatic carbocycles. The number of halogens is 2. The quantitative estimate of drug-likeness (QED) is 0.368. The molecule has 0 bridgehead atoms. The van der Waals surface area contributed by atoms with E-state index in [4.69, 9.17) is 0 Å². The number of rotatable bonds is 6. The van der Waals surface area contributed by atoms with Gasteiger partial charge in [-0.2, -0.15) is 8.78 Å². The van der Waals surface area contributed by atoms with Gasteiger partial charge in [0.15, 0.2) is 0 Å². The Morgan fingerprint density at radius 2 is 1.86 bits per heavy atom. The second kappa shape index (κ2) is 8.26. The lowest BCUT2D eigenvalue weighted by atomic mass is 10.1. The highest BCUT2D eigenvalue weighted by Gasteiger charge is 2.13. The zero-order chi connectivity index (χ0) is 20.1. The van der Waals surface area contributed by atoms with Crippen LogP contribution < -0.4 is 10.1 Å². The first-order valence-electron chi connectivity index (χ1n) is 8.14. The molecule has 1 amide bonds. The van der Waals surface area contributed by atoms with Crippen LogP contribution in [0.2, 0.25) is 0 Å². The van der Waals surface area contributed by atoms with Gasteiger partial charge in [-0.05, 0) is 23.6 Å². The summed E-state index contributed by atoms with van der Waals surface area (Å²) in [5.41, 5.74) is 0.258. The fourth-order valence-electron chi connectivity index (χ4n) is 2.66. The van der Waals surface area contributed by atoms with Crippen LogP contribution in [0.15, 0.2) is 66.7 Å². The number of nitro benzene ring substituents is 1. The standard InChI is InChI=1S/C20H14F2N2O4/c21-20(22)28-18-10-9-15(24(26)27)12-14(18)8-11-19(25)23-17-7-3-5-13-4-1-2-6-16(13)17/h1-12,20H,(H,23,25)/b11-8+. The molecule has 0 atom stereocenters. The summed E-state index contributed by atoms with van der Waals surface area (Å²) in [6, 6.07) is 16.0. The van der Waals surface area contributed by atoms with Crippen molar-refractivity contribution in [3.05, 3.63) is 82.4 Å². The first kappa shape index (κ1) is 19.0. The third-order valence-electron chi connectivity index (χ3n) is 3.88. The van der Waals surface area contributed by atoms with Gasteiger partial charge < -0.3 is 10.1 Å². The van der Waals surface area contributed by atoms with Crippen molar-refractivity contribution in [3.63, 3.8) is 0 Å². The summed E-state index contributed by atoms with van der Waals surface area (Å²) in [5, 5.41) is 15.4. The summed E-state index contributed by atoms with van der Waals surface area (Å²) in [7, 11) is 0. The summed E-state index contributed by atoms with van der Waals surface area (Å²) < 4.78 is 29.4. The minimum atomic E-state index is -3.10. The third kappa shape index (κ3) is 4.47. The number of benzene rings is 3. The van der Waals surface area contributed by atoms with E-state index in [-0.39, 0.29) is 17.0 Å². The Hall–Kier alpha value is -3.81. The maximum absolute atomic E-state index is 12.5. The molecule has 3 aromatic rings. The van der Waals surface area contributed by atoms with Crippen LogP contribution in [0, 0.1) is 10.1 Å². The lowest BCUT2D eigenvalue weighted by Crippen LogP contribution is -2.08. The van der Waals surface area contributed by atoms with E-state index in [1.807, 2.05) is 30.3 Å². The Bertz CT molecular complexity index is 1060. The summed E-state index contributed by atoms with van der Waals surface area (Å²) in [5.74, 6) is -0.791. The molecule has 6 nitrogen and oxygen atoms in total. The highest BCUT2D eigenvalue weighted by molar-refractivity contribution is 6.07. The maximum Gasteiger partial charge on any atom is 0.387 e. The average molecular weight is 384 g/mol. The number of alkyl halides is 2. The lowest BCUT2D eigenvalue weighted by Gasteiger charge is -2.08. The topological polar surface area (TPSA) is 81.5 Å². The molecule has 3 rings (SSSR count). The molecule has 1 N–H and O–H groups in total. The predicted octanol–water partition coefficient (Wildman–Crippen LogP) is 5.00. The van der Waals surface area contributed by atoms with E-state index in [2.05, 4.69) is 10.1 Å². The maximum atomic E-state index is 12.5. The molecule has 0 aliphatic rings. The number of carbonyl (C=O) groups excluding carboxylic acids is 1. The van der Waals surface area contributed by atoms with Gasteiger partial charge in [0.25, 0.3) is 5.69 Å². The monoisotopic (exact) mass is 384 g/mol. The lowest BCUT2D eigenvalue weighted by molar-refractivity contribution is -0.384. The molecule has 0 fully saturated rings. The molecule has 0 aliphatic heterocycles. The van der Waals surface area contributed by atoms with Crippen molar-refractivity contribution in [2.45, 2.75) is 6.61 Å². The second-order valence-electron chi connectivity index (χ2n) is 5.71. The minimum Gasteiger partial charge on any atom is -0.434 e. The zero-order valence-corrected chi connectivity index (χ0v) is 14.3. The van der Waals surface area contributed by atoms with Crippen LogP contribution in [0.5, 0.6) is 5.75 Å². The molecular formula is C20H14F2N2O4. The molecule has 28 heavy (non-hydrogen) atoms. The number of anilines is 1. The van der Waals surface area contributed by atoms with Gasteiger partial charge in [-0.25, -0.2) is 0 Å². The number of nitrogens with one attached hydrogen (secondary N) is 1. The van der Waals surface area contributed by atoms with Crippen LogP contribution in [-0.2, 0) is 4.79 Å². The van der Waals surface area contributed by atoms with Gasteiger partial charge in [-0.15, -0.1) is 0 Å². The number of nitrogens with zero attached hydrogens (tertiary/aromatic N) is 1. The molecule has 0 spiro atoms. The van der Waals surface area contributed by atoms with Crippen LogP contribution >= 0.6 is 0 Å². The number of ether oxygens (including phenoxy) is 1. The Morgan fingerprint density at radius 3 is 2.61 bits per heavy atom. The number of non-ortho nitro benzene ring substituents is 1. The van der Waals surface area contributed by atoms with E-state index >= 15 is 0 Å². The van der Waals surface area contributed by atoms with Crippen molar-refractivity contribution in [1.29, 1.82) is 0 Å². The Kier molecular flexibility index (Phi) is 5.59. The van der Waals surface area contributed by atoms with Crippen LogP contribution in [0.4, 0.5) is 20.2 Å². The van der Waals surface area contributed by atoms with E-state index in [9.17, 15) is 23.7 Å². The smallest absolute Gasteiger partial charge is 0.387 e. The first-order valence-corrected chi connectivity index (χ1v) is 8.14. The summed E-state index contributed by atoms with van der Waals surface area (Å²) >= 11 is 0. The Morgan fingerprint density at radius 1 is 1.11 bits per heavy atom. The largest absolute Gasteiger partial charge is 0.434 e. The van der Waals surface area contributed by atoms with E-state index in [0.29, 0.717) is 5.69 Å². The van der Waals surface area contributed by atoms with Gasteiger partial charge in [-0.3, -0.25) is 14.9 Å². The molecule has 8 heteroatoms. The van der Waals surface area contributed by atoms with Crippen molar-refractivity contribution in [1.82, 2.24) is 0 Å². The van der Waals surface area contributed by atoms with Crippen molar-refractivity contribution in [3.8, 4) is 5.75 Å². The van der Waals surface area contributed by atoms with Crippen molar-refractivity contribution in [2.24, 2.45) is 0 Å². The van der Waals surface area contributed by atoms with Crippen LogP contribution in [0.3, 0.4) is 0 Å². The molecule has 0 saturated carbocycles. The number of hydrogen-bond donors (Lipinski definition) is 1. The third-order valence-corrected chi connectivity index (χ3v) is 3.88. The van der Waals surface area contributed by atoms with Gasteiger partial charge in [-0.1, -0.05) is 36.4 Å². The number of hydrogen-bond acceptors (Lipinski definition) is 4. The fraction of sp³-hybridized carbons (Fsp3) is 0.0500. The zero-order valence-electron chi connectivity index (χ0n) is 14.3. The van der Waals surface area contributed by atoms with E-state index in [1.54, 1.807) is 12.1 Å². The van der Waals surface area contributed by atoms with Crippen LogP contribution in [0.25, 0.3) is 16.8 Å². The summed E-state index contributed by atoms with van der Waals surface area (Å²) in [6.45, 7) is -3.10. The van der Waals surface area contributed by atoms with E-state index in [1.165, 1.54) is 6.08 Å². The fourth-order valence-corrected chi connectivity index (χ4v) is 2.66. The normalized spacial score (nSPS) is 11.1. The van der Waals surface area contributed by atoms with Crippen LogP contribution in [-0.4, -0.2) is 17.4 Å². The first-order chi connectivity index (χ1) is 13.4. The van der Waals surface area contributed by atoms with Crippen molar-refractivity contribution >= 4 is 34.1 Å². The van der Waals surface area contributed by atoms with Crippen molar-refractivity contribution in [2.75, 3.05) is 5.32 Å². The van der Waals surface area contributed by atoms with Crippen molar-refractivity contribution < 1.29 is 23.2 Å². The van der Waals surface area contributed by atoms with Gasteiger partial charge >= 0.3 is 6.61 Å². The van der Waals surface area contributed by atoms with Gasteiger partial charge in [0.2, 0.25) is 5.91 Å². The highest BCUT2D eigenvalue weighted by Crippen LogP contribution is 2.27. The molecular weight excluding hydrogens is 370 g/mol. The Labute approximate surface area is 158 Å². The number of carbonyl (C=O) groups is 1. The van der Waals surface area contributed by atoms with E-state index < -0.39 is 17.4 Å². The molecule has 0 saturated heterocycles. The predicted molar refractivity (Wildman–Crippen MR) is 101 cm³/mol. The number of nitro groups is 1. The molecule has 0 aromatic heterocycles. The highest BCUT2D eigenvalue weighted by atomic mass is 19.3.